The number of nitrogens with one attached hydrogen (secondary N) is 1. The Morgan fingerprint density at radius 1 is 1.21 bits per heavy atom. The number of rotatable bonds is 2. The third-order valence-electron chi connectivity index (χ3n) is 4.82. The molecular weight excluding hydrogens is 347 g/mol. The number of hydrogen-bond acceptors (Lipinski definition) is 3. The van der Waals surface area contributed by atoms with Gasteiger partial charge in [-0.15, -0.1) is 0 Å². The fourth-order valence-corrected chi connectivity index (χ4v) is 4.42. The zero-order valence-electron chi connectivity index (χ0n) is 12.6. The van der Waals surface area contributed by atoms with Crippen LogP contribution in [0.15, 0.2) is 48.6 Å². The summed E-state index contributed by atoms with van der Waals surface area (Å²) in [6, 6.07) is 10.4. The van der Waals surface area contributed by atoms with Crippen molar-refractivity contribution in [1.82, 2.24) is 0 Å². The molecule has 4 rings (SSSR count). The molecule has 1 aliphatic carbocycles. The van der Waals surface area contributed by atoms with Crippen molar-refractivity contribution < 1.29 is 4.92 Å². The molecule has 0 amide bonds. The number of allylic oxidation sites excluding steroid dienone is 2. The number of nitro benzene ring substituents is 1. The number of hydrogen-bond donors (Lipinski definition) is 1. The van der Waals surface area contributed by atoms with Crippen LogP contribution in [0.25, 0.3) is 0 Å². The second kappa shape index (κ2) is 5.80. The minimum Gasteiger partial charge on any atom is -0.378 e. The van der Waals surface area contributed by atoms with Gasteiger partial charge in [-0.25, -0.2) is 0 Å². The van der Waals surface area contributed by atoms with Crippen molar-refractivity contribution in [3.63, 3.8) is 0 Å². The van der Waals surface area contributed by atoms with Crippen LogP contribution in [0, 0.1) is 16.0 Å². The van der Waals surface area contributed by atoms with E-state index in [0.29, 0.717) is 10.0 Å². The van der Waals surface area contributed by atoms with Gasteiger partial charge in [0.05, 0.1) is 11.0 Å². The predicted molar refractivity (Wildman–Crippen MR) is 95.9 cm³/mol. The lowest BCUT2D eigenvalue weighted by Crippen LogP contribution is -2.29. The molecule has 1 heterocycles. The highest BCUT2D eigenvalue weighted by Gasteiger charge is 2.39. The average molecular weight is 361 g/mol. The summed E-state index contributed by atoms with van der Waals surface area (Å²) in [6.45, 7) is 0. The molecule has 3 atom stereocenters. The lowest BCUT2D eigenvalue weighted by Gasteiger charge is -2.38. The third-order valence-corrected chi connectivity index (χ3v) is 5.35. The first kappa shape index (κ1) is 15.5. The van der Waals surface area contributed by atoms with Gasteiger partial charge in [0, 0.05) is 39.3 Å². The zero-order valence-corrected chi connectivity index (χ0v) is 14.1. The normalized spacial score (nSPS) is 24.2. The van der Waals surface area contributed by atoms with Crippen LogP contribution in [-0.2, 0) is 0 Å². The lowest BCUT2D eigenvalue weighted by atomic mass is 9.77. The summed E-state index contributed by atoms with van der Waals surface area (Å²) in [5.41, 5.74) is 2.97. The maximum atomic E-state index is 11.1. The molecule has 6 heteroatoms. The van der Waals surface area contributed by atoms with Gasteiger partial charge in [0.2, 0.25) is 0 Å². The third kappa shape index (κ3) is 2.46. The second-order valence-corrected chi connectivity index (χ2v) is 7.02. The fourth-order valence-electron chi connectivity index (χ4n) is 3.81. The van der Waals surface area contributed by atoms with Crippen LogP contribution in [-0.4, -0.2) is 4.92 Å². The van der Waals surface area contributed by atoms with Gasteiger partial charge in [0.15, 0.2) is 0 Å². The first-order chi connectivity index (χ1) is 11.5. The summed E-state index contributed by atoms with van der Waals surface area (Å²) in [5.74, 6) is 0.466. The van der Waals surface area contributed by atoms with E-state index in [1.807, 2.05) is 12.1 Å². The smallest absolute Gasteiger partial charge is 0.269 e. The van der Waals surface area contributed by atoms with Gasteiger partial charge in [0.1, 0.15) is 0 Å². The molecular formula is C18H14Cl2N2O2. The van der Waals surface area contributed by atoms with E-state index >= 15 is 0 Å². The van der Waals surface area contributed by atoms with E-state index < -0.39 is 0 Å². The molecule has 0 saturated carbocycles. The molecule has 1 N–H and O–H groups in total. The van der Waals surface area contributed by atoms with Crippen LogP contribution in [0.3, 0.4) is 0 Å². The Balaban J connectivity index is 1.81. The summed E-state index contributed by atoms with van der Waals surface area (Å²) in [5, 5.41) is 15.8. The van der Waals surface area contributed by atoms with Crippen molar-refractivity contribution in [1.29, 1.82) is 0 Å². The number of anilines is 1. The Bertz CT molecular complexity index is 866. The van der Waals surface area contributed by atoms with E-state index in [4.69, 9.17) is 23.2 Å². The minimum absolute atomic E-state index is 0.0214. The van der Waals surface area contributed by atoms with Gasteiger partial charge in [-0.3, -0.25) is 10.1 Å². The largest absolute Gasteiger partial charge is 0.378 e. The molecule has 2 aromatic carbocycles. The van der Waals surface area contributed by atoms with Crippen LogP contribution < -0.4 is 5.32 Å². The zero-order chi connectivity index (χ0) is 16.8. The molecule has 0 saturated heterocycles. The SMILES string of the molecule is O=[N+]([O-])c1cccc([C@@H]2Nc3cc(Cl)cc(Cl)c3[C@H]3C=CC[C@H]32)c1. The van der Waals surface area contributed by atoms with Crippen molar-refractivity contribution in [2.24, 2.45) is 5.92 Å². The number of nitro groups is 1. The molecule has 4 nitrogen and oxygen atoms in total. The van der Waals surface area contributed by atoms with Gasteiger partial charge < -0.3 is 5.32 Å². The van der Waals surface area contributed by atoms with Crippen LogP contribution >= 0.6 is 23.2 Å². The quantitative estimate of drug-likeness (QED) is 0.422. The van der Waals surface area contributed by atoms with E-state index in [0.717, 1.165) is 23.2 Å². The van der Waals surface area contributed by atoms with E-state index in [1.165, 1.54) is 6.07 Å². The summed E-state index contributed by atoms with van der Waals surface area (Å²) in [6.07, 6.45) is 5.24. The number of fused-ring (bicyclic) bond motifs is 3. The summed E-state index contributed by atoms with van der Waals surface area (Å²) >= 11 is 12.6. The Morgan fingerprint density at radius 2 is 2.04 bits per heavy atom. The molecule has 0 radical (unpaired) electrons. The second-order valence-electron chi connectivity index (χ2n) is 6.18. The number of nitrogens with zero attached hydrogens (tertiary/aromatic N) is 1. The summed E-state index contributed by atoms with van der Waals surface area (Å²) in [7, 11) is 0. The summed E-state index contributed by atoms with van der Waals surface area (Å²) in [4.78, 5) is 10.7. The molecule has 1 aliphatic heterocycles. The fraction of sp³-hybridized carbons (Fsp3) is 0.222. The van der Waals surface area contributed by atoms with Crippen molar-refractivity contribution in [2.45, 2.75) is 18.4 Å². The first-order valence-corrected chi connectivity index (χ1v) is 8.46. The highest BCUT2D eigenvalue weighted by atomic mass is 35.5. The van der Waals surface area contributed by atoms with Gasteiger partial charge >= 0.3 is 0 Å². The number of halogens is 2. The van der Waals surface area contributed by atoms with E-state index in [-0.39, 0.29) is 28.5 Å². The molecule has 0 bridgehead atoms. The molecule has 24 heavy (non-hydrogen) atoms. The summed E-state index contributed by atoms with van der Waals surface area (Å²) < 4.78 is 0. The Morgan fingerprint density at radius 3 is 2.83 bits per heavy atom. The molecule has 0 spiro atoms. The van der Waals surface area contributed by atoms with Gasteiger partial charge in [-0.05, 0) is 30.0 Å². The van der Waals surface area contributed by atoms with Crippen LogP contribution in [0.5, 0.6) is 0 Å². The van der Waals surface area contributed by atoms with Crippen LogP contribution in [0.2, 0.25) is 10.0 Å². The van der Waals surface area contributed by atoms with Crippen molar-refractivity contribution in [2.75, 3.05) is 5.32 Å². The Labute approximate surface area is 149 Å². The highest BCUT2D eigenvalue weighted by molar-refractivity contribution is 6.35. The van der Waals surface area contributed by atoms with E-state index in [9.17, 15) is 10.1 Å². The van der Waals surface area contributed by atoms with Crippen LogP contribution in [0.1, 0.15) is 29.5 Å². The monoisotopic (exact) mass is 360 g/mol. The molecule has 0 fully saturated rings. The van der Waals surface area contributed by atoms with Crippen molar-refractivity contribution in [3.8, 4) is 0 Å². The number of non-ortho nitro benzene ring substituents is 1. The molecule has 2 aromatic rings. The lowest BCUT2D eigenvalue weighted by molar-refractivity contribution is -0.384. The average Bonchev–Trinajstić information content (AvgIpc) is 3.02. The first-order valence-electron chi connectivity index (χ1n) is 7.71. The van der Waals surface area contributed by atoms with Crippen LogP contribution in [0.4, 0.5) is 11.4 Å². The maximum absolute atomic E-state index is 11.1. The standard InChI is InChI=1S/C18H14Cl2N2O2/c19-11-8-15(20)17-13-5-2-6-14(13)18(21-16(17)9-11)10-3-1-4-12(7-10)22(23)24/h1-5,7-9,13-14,18,21H,6H2/t13-,14+,18-/m0/s1. The van der Waals surface area contributed by atoms with E-state index in [2.05, 4.69) is 17.5 Å². The topological polar surface area (TPSA) is 55.2 Å². The maximum Gasteiger partial charge on any atom is 0.269 e. The molecule has 2 aliphatic rings. The Hall–Kier alpha value is -2.04. The molecule has 0 unspecified atom stereocenters. The predicted octanol–water partition coefficient (Wildman–Crippen LogP) is 5.73. The van der Waals surface area contributed by atoms with Gasteiger partial charge in [-0.1, -0.05) is 47.5 Å². The van der Waals surface area contributed by atoms with Crippen molar-refractivity contribution >= 4 is 34.6 Å². The molecule has 0 aromatic heterocycles. The molecule has 122 valence electrons. The Kier molecular flexibility index (Phi) is 3.74. The van der Waals surface area contributed by atoms with Gasteiger partial charge in [-0.2, -0.15) is 0 Å². The number of benzene rings is 2. The highest BCUT2D eigenvalue weighted by Crippen LogP contribution is 2.52. The van der Waals surface area contributed by atoms with Crippen molar-refractivity contribution in [3.05, 3.63) is 79.8 Å². The van der Waals surface area contributed by atoms with E-state index in [1.54, 1.807) is 18.2 Å². The van der Waals surface area contributed by atoms with Gasteiger partial charge in [0.25, 0.3) is 5.69 Å². The minimum atomic E-state index is -0.363.